The summed E-state index contributed by atoms with van der Waals surface area (Å²) in [7, 11) is 3.99. The summed E-state index contributed by atoms with van der Waals surface area (Å²) >= 11 is 0. The van der Waals surface area contributed by atoms with Gasteiger partial charge >= 0.3 is 0 Å². The SMILES string of the molecule is COc1ccc2c(c1)[C@H]1C[C@@H](C2)N(C)C1. The number of rotatable bonds is 1. The molecule has 2 heteroatoms. The molecule has 2 aliphatic rings. The van der Waals surface area contributed by atoms with Gasteiger partial charge in [-0.3, -0.25) is 0 Å². The molecule has 0 aromatic heterocycles. The van der Waals surface area contributed by atoms with Gasteiger partial charge in [-0.15, -0.1) is 0 Å². The lowest BCUT2D eigenvalue weighted by Crippen LogP contribution is -2.26. The molecule has 0 unspecified atom stereocenters. The summed E-state index contributed by atoms with van der Waals surface area (Å²) in [6.45, 7) is 1.21. The van der Waals surface area contributed by atoms with E-state index in [0.717, 1.165) is 17.7 Å². The molecule has 0 N–H and O–H groups in total. The van der Waals surface area contributed by atoms with Gasteiger partial charge in [0.05, 0.1) is 7.11 Å². The molecule has 1 aromatic rings. The van der Waals surface area contributed by atoms with E-state index in [9.17, 15) is 0 Å². The van der Waals surface area contributed by atoms with Crippen molar-refractivity contribution in [2.24, 2.45) is 0 Å². The highest BCUT2D eigenvalue weighted by molar-refractivity contribution is 5.41. The molecule has 0 radical (unpaired) electrons. The van der Waals surface area contributed by atoms with Crippen molar-refractivity contribution in [1.82, 2.24) is 4.90 Å². The van der Waals surface area contributed by atoms with Crippen LogP contribution < -0.4 is 4.74 Å². The molecule has 2 nitrogen and oxygen atoms in total. The molecule has 2 atom stereocenters. The normalized spacial score (nSPS) is 28.9. The Labute approximate surface area is 90.8 Å². The van der Waals surface area contributed by atoms with Gasteiger partial charge in [-0.05, 0) is 49.1 Å². The molecule has 1 saturated heterocycles. The van der Waals surface area contributed by atoms with Crippen molar-refractivity contribution < 1.29 is 4.74 Å². The molecule has 80 valence electrons. The van der Waals surface area contributed by atoms with Gasteiger partial charge in [-0.25, -0.2) is 0 Å². The summed E-state index contributed by atoms with van der Waals surface area (Å²) in [5.74, 6) is 1.74. The second kappa shape index (κ2) is 3.24. The first kappa shape index (κ1) is 9.22. The Bertz CT molecular complexity index is 386. The number of hydrogen-bond acceptors (Lipinski definition) is 2. The van der Waals surface area contributed by atoms with E-state index in [1.807, 2.05) is 0 Å². The van der Waals surface area contributed by atoms with Crippen LogP contribution in [0.3, 0.4) is 0 Å². The smallest absolute Gasteiger partial charge is 0.119 e. The van der Waals surface area contributed by atoms with Crippen molar-refractivity contribution in [3.8, 4) is 5.75 Å². The van der Waals surface area contributed by atoms with Crippen molar-refractivity contribution >= 4 is 0 Å². The number of likely N-dealkylation sites (N-methyl/N-ethyl adjacent to an activating group) is 1. The molecule has 1 heterocycles. The minimum absolute atomic E-state index is 0.735. The highest BCUT2D eigenvalue weighted by atomic mass is 16.5. The average Bonchev–Trinajstić information content (AvgIpc) is 2.56. The van der Waals surface area contributed by atoms with Crippen LogP contribution in [0.1, 0.15) is 23.5 Å². The zero-order valence-electron chi connectivity index (χ0n) is 9.36. The molecule has 0 amide bonds. The zero-order chi connectivity index (χ0) is 10.4. The van der Waals surface area contributed by atoms with E-state index < -0.39 is 0 Å². The van der Waals surface area contributed by atoms with Gasteiger partial charge in [0.1, 0.15) is 5.75 Å². The van der Waals surface area contributed by atoms with E-state index in [-0.39, 0.29) is 0 Å². The van der Waals surface area contributed by atoms with Gasteiger partial charge in [0, 0.05) is 12.6 Å². The van der Waals surface area contributed by atoms with Crippen molar-refractivity contribution in [1.29, 1.82) is 0 Å². The fourth-order valence-corrected chi connectivity index (χ4v) is 3.06. The molecule has 15 heavy (non-hydrogen) atoms. The Morgan fingerprint density at radius 3 is 3.07 bits per heavy atom. The van der Waals surface area contributed by atoms with E-state index in [1.165, 1.54) is 30.5 Å². The van der Waals surface area contributed by atoms with Gasteiger partial charge in [0.25, 0.3) is 0 Å². The van der Waals surface area contributed by atoms with Crippen molar-refractivity contribution in [3.63, 3.8) is 0 Å². The summed E-state index contributed by atoms with van der Waals surface area (Å²) in [4.78, 5) is 2.50. The molecule has 2 bridgehead atoms. The molecule has 1 aliphatic heterocycles. The third-order valence-corrected chi connectivity index (χ3v) is 3.94. The number of methoxy groups -OCH3 is 1. The average molecular weight is 203 g/mol. The predicted molar refractivity (Wildman–Crippen MR) is 60.5 cm³/mol. The van der Waals surface area contributed by atoms with Gasteiger partial charge < -0.3 is 9.64 Å². The first-order chi connectivity index (χ1) is 7.28. The predicted octanol–water partition coefficient (Wildman–Crippen LogP) is 2.04. The lowest BCUT2D eigenvalue weighted by atomic mass is 9.83. The first-order valence-corrected chi connectivity index (χ1v) is 5.65. The van der Waals surface area contributed by atoms with Crippen molar-refractivity contribution in [3.05, 3.63) is 29.3 Å². The summed E-state index contributed by atoms with van der Waals surface area (Å²) in [5, 5.41) is 0. The van der Waals surface area contributed by atoms with Gasteiger partial charge in [0.2, 0.25) is 0 Å². The minimum atomic E-state index is 0.735. The van der Waals surface area contributed by atoms with Gasteiger partial charge in [-0.1, -0.05) is 6.07 Å². The lowest BCUT2D eigenvalue weighted by molar-refractivity contribution is 0.311. The third kappa shape index (κ3) is 1.36. The number of ether oxygens (including phenoxy) is 1. The van der Waals surface area contributed by atoms with Crippen LogP contribution in [0.4, 0.5) is 0 Å². The molecule has 1 aromatic carbocycles. The lowest BCUT2D eigenvalue weighted by Gasteiger charge is -2.23. The maximum absolute atomic E-state index is 5.30. The van der Waals surface area contributed by atoms with Crippen LogP contribution in [0.25, 0.3) is 0 Å². The topological polar surface area (TPSA) is 12.5 Å². The van der Waals surface area contributed by atoms with E-state index in [0.29, 0.717) is 0 Å². The minimum Gasteiger partial charge on any atom is -0.497 e. The number of hydrogen-bond donors (Lipinski definition) is 0. The van der Waals surface area contributed by atoms with Crippen LogP contribution in [0.5, 0.6) is 5.75 Å². The largest absolute Gasteiger partial charge is 0.497 e. The van der Waals surface area contributed by atoms with Crippen LogP contribution >= 0.6 is 0 Å². The van der Waals surface area contributed by atoms with Crippen LogP contribution in [-0.2, 0) is 6.42 Å². The number of benzene rings is 1. The Hall–Kier alpha value is -1.02. The van der Waals surface area contributed by atoms with Crippen molar-refractivity contribution in [2.75, 3.05) is 20.7 Å². The molecule has 0 saturated carbocycles. The second-order valence-electron chi connectivity index (χ2n) is 4.79. The summed E-state index contributed by atoms with van der Waals surface area (Å²) in [6.07, 6.45) is 2.54. The highest BCUT2D eigenvalue weighted by Gasteiger charge is 2.36. The van der Waals surface area contributed by atoms with E-state index in [1.54, 1.807) is 7.11 Å². The van der Waals surface area contributed by atoms with Gasteiger partial charge in [0.15, 0.2) is 0 Å². The van der Waals surface area contributed by atoms with Crippen LogP contribution in [0.15, 0.2) is 18.2 Å². The monoisotopic (exact) mass is 203 g/mol. The second-order valence-corrected chi connectivity index (χ2v) is 4.79. The van der Waals surface area contributed by atoms with Crippen LogP contribution in [-0.4, -0.2) is 31.6 Å². The molecule has 1 fully saturated rings. The van der Waals surface area contributed by atoms with Crippen LogP contribution in [0.2, 0.25) is 0 Å². The standard InChI is InChI=1S/C13H17NO/c1-14-8-10-6-11(14)5-9-3-4-12(15-2)7-13(9)10/h3-4,7,10-11H,5-6,8H2,1-2H3/t10-,11+/m0/s1. The molecule has 0 spiro atoms. The Morgan fingerprint density at radius 2 is 2.27 bits per heavy atom. The fourth-order valence-electron chi connectivity index (χ4n) is 3.06. The summed E-state index contributed by atoms with van der Waals surface area (Å²) in [5.41, 5.74) is 3.05. The van der Waals surface area contributed by atoms with Crippen LogP contribution in [0, 0.1) is 0 Å². The molecule has 3 rings (SSSR count). The number of fused-ring (bicyclic) bond motifs is 4. The maximum Gasteiger partial charge on any atom is 0.119 e. The van der Waals surface area contributed by atoms with Crippen molar-refractivity contribution in [2.45, 2.75) is 24.8 Å². The number of likely N-dealkylation sites (tertiary alicyclic amines) is 1. The number of nitrogens with zero attached hydrogens (tertiary/aromatic N) is 1. The molecular formula is C13H17NO. The molecular weight excluding hydrogens is 186 g/mol. The van der Waals surface area contributed by atoms with E-state index in [2.05, 4.69) is 30.1 Å². The van der Waals surface area contributed by atoms with E-state index >= 15 is 0 Å². The summed E-state index contributed by atoms with van der Waals surface area (Å²) in [6, 6.07) is 7.33. The Balaban J connectivity index is 2.03. The quantitative estimate of drug-likeness (QED) is 0.692. The third-order valence-electron chi connectivity index (χ3n) is 3.94. The fraction of sp³-hybridized carbons (Fsp3) is 0.538. The summed E-state index contributed by atoms with van der Waals surface area (Å²) < 4.78 is 5.30. The Morgan fingerprint density at radius 1 is 1.40 bits per heavy atom. The molecule has 1 aliphatic carbocycles. The Kier molecular flexibility index (Phi) is 1.99. The maximum atomic E-state index is 5.30. The zero-order valence-corrected chi connectivity index (χ0v) is 9.36. The highest BCUT2D eigenvalue weighted by Crippen LogP contribution is 2.40. The van der Waals surface area contributed by atoms with E-state index in [4.69, 9.17) is 4.74 Å². The van der Waals surface area contributed by atoms with Gasteiger partial charge in [-0.2, -0.15) is 0 Å². The first-order valence-electron chi connectivity index (χ1n) is 5.65.